The molecule has 0 radical (unpaired) electrons. The summed E-state index contributed by atoms with van der Waals surface area (Å²) in [7, 11) is 1.67. The fourth-order valence-electron chi connectivity index (χ4n) is 4.25. The Labute approximate surface area is 241 Å². The Hall–Kier alpha value is -4.44. The lowest BCUT2D eigenvalue weighted by Crippen LogP contribution is -2.71. The van der Waals surface area contributed by atoms with Gasteiger partial charge in [-0.2, -0.15) is 0 Å². The number of hydrogen-bond acceptors (Lipinski definition) is 11. The molecule has 0 aliphatic carbocycles. The molecule has 3 aromatic rings. The van der Waals surface area contributed by atoms with Crippen molar-refractivity contribution in [3.8, 4) is 5.88 Å². The van der Waals surface area contributed by atoms with Crippen molar-refractivity contribution in [2.45, 2.75) is 22.6 Å². The van der Waals surface area contributed by atoms with Crippen LogP contribution in [0.25, 0.3) is 0 Å². The van der Waals surface area contributed by atoms with E-state index in [1.54, 1.807) is 55.6 Å². The Morgan fingerprint density at radius 1 is 1.20 bits per heavy atom. The van der Waals surface area contributed by atoms with Gasteiger partial charge in [0.2, 0.25) is 16.9 Å². The number of aryl methyl sites for hydroxylation is 1. The van der Waals surface area contributed by atoms with Gasteiger partial charge in [-0.1, -0.05) is 48.2 Å². The van der Waals surface area contributed by atoms with Gasteiger partial charge < -0.3 is 20.5 Å². The van der Waals surface area contributed by atoms with E-state index in [0.717, 1.165) is 0 Å². The van der Waals surface area contributed by atoms with Gasteiger partial charge in [-0.3, -0.25) is 19.3 Å². The van der Waals surface area contributed by atoms with Crippen molar-refractivity contribution in [2.75, 3.05) is 18.1 Å². The average molecular weight is 597 g/mol. The van der Waals surface area contributed by atoms with Crippen molar-refractivity contribution in [1.82, 2.24) is 40.7 Å². The highest BCUT2D eigenvalue weighted by molar-refractivity contribution is 8.01. The van der Waals surface area contributed by atoms with Crippen molar-refractivity contribution in [1.29, 1.82) is 0 Å². The molecular weight excluding hydrogens is 572 g/mol. The van der Waals surface area contributed by atoms with E-state index < -0.39 is 41.1 Å². The quantitative estimate of drug-likeness (QED) is 0.205. The molecule has 1 fully saturated rings. The molecule has 14 nitrogen and oxygen atoms in total. The van der Waals surface area contributed by atoms with Gasteiger partial charge in [0.1, 0.15) is 23.2 Å². The number of rotatable bonds is 11. The number of amides is 3. The smallest absolute Gasteiger partial charge is 0.352 e. The maximum Gasteiger partial charge on any atom is 0.352 e. The number of tetrazole rings is 1. The van der Waals surface area contributed by atoms with Crippen molar-refractivity contribution in [2.24, 2.45) is 7.05 Å². The molecule has 3 N–H and O–H groups in total. The normalized spacial score (nSPS) is 18.7. The zero-order valence-corrected chi connectivity index (χ0v) is 23.2. The lowest BCUT2D eigenvalue weighted by Gasteiger charge is -2.49. The van der Waals surface area contributed by atoms with Crippen LogP contribution in [0.5, 0.6) is 5.88 Å². The van der Waals surface area contributed by atoms with Crippen LogP contribution in [0.1, 0.15) is 11.6 Å². The molecular formula is C25H24N8O6S2. The standard InChI is InChI=1S/C25H24N8O6S2/c1-32-25(29-30-31-32)41-13-15-12-40-23-19(22(36)33(23)20(15)24(37)38)28-21(35)18(14-7-3-2-4-8-14)27-16(34)11-39-17-9-5-6-10-26-17/h2-10,18-19,23H,11-13H2,1H3,(H,27,34)(H,28,35)(H,37,38)/t18?,19?,23-/m1/s1. The second-order valence-corrected chi connectivity index (χ2v) is 10.9. The van der Waals surface area contributed by atoms with Crippen molar-refractivity contribution < 1.29 is 29.0 Å². The van der Waals surface area contributed by atoms with Crippen molar-refractivity contribution >= 4 is 47.2 Å². The monoisotopic (exact) mass is 596 g/mol. The molecule has 0 saturated carbocycles. The number of fused-ring (bicyclic) bond motifs is 1. The van der Waals surface area contributed by atoms with Crippen LogP contribution in [-0.4, -0.2) is 88.4 Å². The van der Waals surface area contributed by atoms with Crippen LogP contribution in [0.2, 0.25) is 0 Å². The summed E-state index contributed by atoms with van der Waals surface area (Å²) >= 11 is 2.61. The number of thioether (sulfide) groups is 2. The van der Waals surface area contributed by atoms with Crippen molar-refractivity contribution in [3.63, 3.8) is 0 Å². The number of aromatic nitrogens is 5. The molecule has 1 saturated heterocycles. The van der Waals surface area contributed by atoms with Crippen LogP contribution in [-0.2, 0) is 26.2 Å². The first-order valence-corrected chi connectivity index (χ1v) is 14.3. The number of hydrogen-bond donors (Lipinski definition) is 3. The van der Waals surface area contributed by atoms with E-state index in [4.69, 9.17) is 4.74 Å². The molecule has 212 valence electrons. The summed E-state index contributed by atoms with van der Waals surface area (Å²) in [5, 5.41) is 26.4. The number of benzene rings is 1. The van der Waals surface area contributed by atoms with E-state index in [2.05, 4.69) is 31.1 Å². The van der Waals surface area contributed by atoms with Crippen LogP contribution in [0.15, 0.2) is 71.2 Å². The van der Waals surface area contributed by atoms with Crippen LogP contribution < -0.4 is 15.4 Å². The van der Waals surface area contributed by atoms with Gasteiger partial charge in [-0.15, -0.1) is 16.9 Å². The highest BCUT2D eigenvalue weighted by atomic mass is 32.2. The van der Waals surface area contributed by atoms with Gasteiger partial charge in [0, 0.05) is 30.8 Å². The minimum atomic E-state index is -1.23. The molecule has 4 heterocycles. The third-order valence-electron chi connectivity index (χ3n) is 6.19. The summed E-state index contributed by atoms with van der Waals surface area (Å²) in [6, 6.07) is 11.5. The molecule has 3 amide bonds. The highest BCUT2D eigenvalue weighted by Crippen LogP contribution is 2.41. The molecule has 3 atom stereocenters. The number of nitrogens with zero attached hydrogens (tertiary/aromatic N) is 6. The molecule has 0 spiro atoms. The number of carboxylic acids is 1. The zero-order chi connectivity index (χ0) is 28.9. The Balaban J connectivity index is 1.26. The number of carboxylic acid groups (broad SMARTS) is 1. The van der Waals surface area contributed by atoms with Gasteiger partial charge in [-0.05, 0) is 27.6 Å². The van der Waals surface area contributed by atoms with Crippen LogP contribution in [0, 0.1) is 0 Å². The van der Waals surface area contributed by atoms with E-state index >= 15 is 0 Å². The minimum Gasteiger partial charge on any atom is -0.477 e. The van der Waals surface area contributed by atoms with Crippen LogP contribution in [0.3, 0.4) is 0 Å². The number of nitrogens with one attached hydrogen (secondary N) is 2. The van der Waals surface area contributed by atoms with Gasteiger partial charge in [0.25, 0.3) is 11.8 Å². The Morgan fingerprint density at radius 2 is 1.98 bits per heavy atom. The van der Waals surface area contributed by atoms with Gasteiger partial charge >= 0.3 is 5.97 Å². The van der Waals surface area contributed by atoms with Gasteiger partial charge in [0.15, 0.2) is 6.61 Å². The topological polar surface area (TPSA) is 182 Å². The largest absolute Gasteiger partial charge is 0.477 e. The second-order valence-electron chi connectivity index (χ2n) is 8.89. The van der Waals surface area contributed by atoms with E-state index in [1.807, 2.05) is 0 Å². The third-order valence-corrected chi connectivity index (χ3v) is 8.63. The van der Waals surface area contributed by atoms with Crippen LogP contribution >= 0.6 is 23.5 Å². The van der Waals surface area contributed by atoms with E-state index in [1.165, 1.54) is 39.3 Å². The molecule has 2 aliphatic rings. The molecule has 41 heavy (non-hydrogen) atoms. The molecule has 2 aromatic heterocycles. The number of carbonyl (C=O) groups excluding carboxylic acids is 3. The predicted octanol–water partition coefficient (Wildman–Crippen LogP) is 0.372. The van der Waals surface area contributed by atoms with Crippen LogP contribution in [0.4, 0.5) is 0 Å². The second kappa shape index (κ2) is 12.4. The molecule has 2 aliphatic heterocycles. The fraction of sp³-hybridized carbons (Fsp3) is 0.280. The third kappa shape index (κ3) is 6.17. The Bertz CT molecular complexity index is 1490. The first-order chi connectivity index (χ1) is 19.8. The Morgan fingerprint density at radius 3 is 2.66 bits per heavy atom. The maximum absolute atomic E-state index is 13.4. The van der Waals surface area contributed by atoms with Gasteiger partial charge in [0.05, 0.1) is 0 Å². The fourth-order valence-corrected chi connectivity index (χ4v) is 6.58. The summed E-state index contributed by atoms with van der Waals surface area (Å²) in [4.78, 5) is 56.6. The first-order valence-electron chi connectivity index (χ1n) is 12.3. The first kappa shape index (κ1) is 28.1. The number of pyridine rings is 1. The lowest BCUT2D eigenvalue weighted by molar-refractivity contribution is -0.151. The SMILES string of the molecule is Cn1nnnc1SCC1=C(C(=O)O)N2C(=O)C(NC(=O)C(NC(=O)COc3ccccn3)c3ccccc3)[C@H]2SC1. The number of β-lactam (4-membered cyclic amide) rings is 1. The van der Waals surface area contributed by atoms with E-state index in [-0.39, 0.29) is 23.9 Å². The number of ether oxygens (including phenoxy) is 1. The van der Waals surface area contributed by atoms with E-state index in [0.29, 0.717) is 22.0 Å². The van der Waals surface area contributed by atoms with Crippen molar-refractivity contribution in [3.05, 3.63) is 71.6 Å². The van der Waals surface area contributed by atoms with E-state index in [9.17, 15) is 24.3 Å². The summed E-state index contributed by atoms with van der Waals surface area (Å²) in [5.74, 6) is -2.09. The highest BCUT2D eigenvalue weighted by Gasteiger charge is 2.54. The zero-order valence-electron chi connectivity index (χ0n) is 21.5. The Kier molecular flexibility index (Phi) is 8.49. The minimum absolute atomic E-state index is 0.105. The summed E-state index contributed by atoms with van der Waals surface area (Å²) < 4.78 is 6.86. The summed E-state index contributed by atoms with van der Waals surface area (Å²) in [6.07, 6.45) is 1.53. The lowest BCUT2D eigenvalue weighted by atomic mass is 10.0. The average Bonchev–Trinajstić information content (AvgIpc) is 3.40. The van der Waals surface area contributed by atoms with Gasteiger partial charge in [-0.25, -0.2) is 14.5 Å². The predicted molar refractivity (Wildman–Crippen MR) is 146 cm³/mol. The maximum atomic E-state index is 13.4. The number of aliphatic carboxylic acids is 1. The molecule has 5 rings (SSSR count). The number of carbonyl (C=O) groups is 4. The molecule has 16 heteroatoms. The summed E-state index contributed by atoms with van der Waals surface area (Å²) in [6.45, 7) is -0.375. The molecule has 1 aromatic carbocycles. The summed E-state index contributed by atoms with van der Waals surface area (Å²) in [5.41, 5.74) is 0.943. The molecule has 0 bridgehead atoms. The molecule has 2 unspecified atom stereocenters.